The van der Waals surface area contributed by atoms with Crippen LogP contribution in [-0.2, 0) is 9.63 Å². The van der Waals surface area contributed by atoms with E-state index in [1.807, 2.05) is 4.90 Å². The van der Waals surface area contributed by atoms with E-state index in [0.29, 0.717) is 34.9 Å². The number of piperidine rings is 1. The molecule has 0 unspecified atom stereocenters. The Morgan fingerprint density at radius 2 is 1.32 bits per heavy atom. The number of carbonyl (C=O) groups is 1. The van der Waals surface area contributed by atoms with E-state index >= 15 is 0 Å². The second-order valence-electron chi connectivity index (χ2n) is 9.38. The van der Waals surface area contributed by atoms with Crippen molar-refractivity contribution in [3.8, 4) is 0 Å². The molecule has 10 nitrogen and oxygen atoms in total. The summed E-state index contributed by atoms with van der Waals surface area (Å²) in [7, 11) is 0. The smallest absolute Gasteiger partial charge is 0.269 e. The van der Waals surface area contributed by atoms with Gasteiger partial charge in [-0.1, -0.05) is 23.7 Å². The van der Waals surface area contributed by atoms with Gasteiger partial charge in [0, 0.05) is 42.4 Å². The first-order valence-electron chi connectivity index (χ1n) is 12.3. The number of hydroxylamine groups is 1. The maximum absolute atomic E-state index is 14.1. The standard InChI is InChI=1S/C27H25ClN4O6/c28-20-8-14-21(15-9-20)30-25(18-4-10-22(11-5-18)31(34)35)24(27(33)29-16-2-1-3-17-29)26(38-30)19-6-12-23(13-7-19)32(36)37/h4-15,24-26H,1-3,16-17H2/t24-,25+,26+/m1/s1. The first-order chi connectivity index (χ1) is 18.3. The molecule has 0 bridgehead atoms. The second-order valence-corrected chi connectivity index (χ2v) is 9.82. The zero-order valence-electron chi connectivity index (χ0n) is 20.3. The second kappa shape index (κ2) is 10.8. The summed E-state index contributed by atoms with van der Waals surface area (Å²) in [6, 6.07) is 18.5. The van der Waals surface area contributed by atoms with Crippen LogP contribution in [0.2, 0.25) is 5.02 Å². The number of nitro benzene ring substituents is 2. The Morgan fingerprint density at radius 3 is 1.84 bits per heavy atom. The molecule has 2 fully saturated rings. The molecule has 196 valence electrons. The van der Waals surface area contributed by atoms with E-state index in [0.717, 1.165) is 19.3 Å². The number of halogens is 1. The number of hydrogen-bond acceptors (Lipinski definition) is 7. The summed E-state index contributed by atoms with van der Waals surface area (Å²) in [6.07, 6.45) is 2.12. The number of rotatable bonds is 6. The van der Waals surface area contributed by atoms with Gasteiger partial charge < -0.3 is 4.90 Å². The van der Waals surface area contributed by atoms with Crippen molar-refractivity contribution in [1.29, 1.82) is 0 Å². The highest BCUT2D eigenvalue weighted by Gasteiger charge is 2.50. The van der Waals surface area contributed by atoms with Crippen molar-refractivity contribution in [3.05, 3.63) is 109 Å². The Kier molecular flexibility index (Phi) is 7.26. The molecule has 0 saturated carbocycles. The van der Waals surface area contributed by atoms with Gasteiger partial charge in [-0.2, -0.15) is 0 Å². The van der Waals surface area contributed by atoms with E-state index < -0.39 is 27.9 Å². The lowest BCUT2D eigenvalue weighted by atomic mass is 9.84. The number of nitro groups is 2. The van der Waals surface area contributed by atoms with Crippen molar-refractivity contribution in [2.24, 2.45) is 5.92 Å². The fraction of sp³-hybridized carbons (Fsp3) is 0.296. The Bertz CT molecular complexity index is 1330. The highest BCUT2D eigenvalue weighted by Crippen LogP contribution is 2.50. The molecule has 2 heterocycles. The monoisotopic (exact) mass is 536 g/mol. The predicted octanol–water partition coefficient (Wildman–Crippen LogP) is 6.02. The number of anilines is 1. The third-order valence-electron chi connectivity index (χ3n) is 7.06. The first-order valence-corrected chi connectivity index (χ1v) is 12.7. The minimum absolute atomic E-state index is 0.0588. The van der Waals surface area contributed by atoms with Crippen LogP contribution < -0.4 is 5.06 Å². The number of carbonyl (C=O) groups excluding carboxylic acids is 1. The van der Waals surface area contributed by atoms with E-state index in [1.165, 1.54) is 24.3 Å². The first kappa shape index (κ1) is 25.6. The van der Waals surface area contributed by atoms with Gasteiger partial charge in [0.25, 0.3) is 11.4 Å². The largest absolute Gasteiger partial charge is 0.342 e. The van der Waals surface area contributed by atoms with Crippen molar-refractivity contribution in [2.75, 3.05) is 18.2 Å². The summed E-state index contributed by atoms with van der Waals surface area (Å²) in [4.78, 5) is 44.0. The molecule has 0 radical (unpaired) electrons. The molecule has 38 heavy (non-hydrogen) atoms. The third-order valence-corrected chi connectivity index (χ3v) is 7.31. The Morgan fingerprint density at radius 1 is 0.789 bits per heavy atom. The van der Waals surface area contributed by atoms with Gasteiger partial charge >= 0.3 is 0 Å². The van der Waals surface area contributed by atoms with Crippen LogP contribution >= 0.6 is 11.6 Å². The fourth-order valence-electron chi connectivity index (χ4n) is 5.15. The highest BCUT2D eigenvalue weighted by atomic mass is 35.5. The molecule has 3 aromatic rings. The van der Waals surface area contributed by atoms with Crippen molar-refractivity contribution in [2.45, 2.75) is 31.4 Å². The molecule has 2 saturated heterocycles. The van der Waals surface area contributed by atoms with Crippen LogP contribution in [0.5, 0.6) is 0 Å². The minimum atomic E-state index is -0.749. The quantitative estimate of drug-likeness (QED) is 0.279. The molecule has 2 aliphatic rings. The average Bonchev–Trinajstić information content (AvgIpc) is 3.34. The van der Waals surface area contributed by atoms with Gasteiger partial charge in [-0.15, -0.1) is 0 Å². The fourth-order valence-corrected chi connectivity index (χ4v) is 5.28. The van der Waals surface area contributed by atoms with Crippen LogP contribution in [0, 0.1) is 26.1 Å². The maximum atomic E-state index is 14.1. The van der Waals surface area contributed by atoms with Gasteiger partial charge in [-0.3, -0.25) is 29.9 Å². The number of hydrogen-bond donors (Lipinski definition) is 0. The number of non-ortho nitro benzene ring substituents is 2. The number of nitrogens with zero attached hydrogens (tertiary/aromatic N) is 4. The van der Waals surface area contributed by atoms with Gasteiger partial charge in [0.1, 0.15) is 6.10 Å². The summed E-state index contributed by atoms with van der Waals surface area (Å²) < 4.78 is 0. The number of benzene rings is 3. The molecule has 3 aromatic carbocycles. The molecule has 0 aliphatic carbocycles. The van der Waals surface area contributed by atoms with Gasteiger partial charge in [0.15, 0.2) is 0 Å². The van der Waals surface area contributed by atoms with Gasteiger partial charge in [-0.05, 0) is 66.8 Å². The van der Waals surface area contributed by atoms with Gasteiger partial charge in [-0.25, -0.2) is 5.06 Å². The molecule has 1 amide bonds. The molecule has 3 atom stereocenters. The lowest BCUT2D eigenvalue weighted by Gasteiger charge is -2.33. The van der Waals surface area contributed by atoms with Crippen molar-refractivity contribution in [1.82, 2.24) is 4.90 Å². The zero-order chi connectivity index (χ0) is 26.8. The van der Waals surface area contributed by atoms with Crippen LogP contribution in [0.4, 0.5) is 17.1 Å². The molecule has 0 N–H and O–H groups in total. The van der Waals surface area contributed by atoms with Crippen molar-refractivity contribution in [3.63, 3.8) is 0 Å². The van der Waals surface area contributed by atoms with Crippen molar-refractivity contribution < 1.29 is 19.5 Å². The lowest BCUT2D eigenvalue weighted by molar-refractivity contribution is -0.385. The van der Waals surface area contributed by atoms with Gasteiger partial charge in [0.05, 0.1) is 27.5 Å². The summed E-state index contributed by atoms with van der Waals surface area (Å²) in [6.45, 7) is 1.27. The van der Waals surface area contributed by atoms with Crippen molar-refractivity contribution >= 4 is 34.6 Å². The summed E-state index contributed by atoms with van der Waals surface area (Å²) >= 11 is 6.13. The van der Waals surface area contributed by atoms with Crippen LogP contribution in [0.1, 0.15) is 42.5 Å². The third kappa shape index (κ3) is 5.05. The maximum Gasteiger partial charge on any atom is 0.269 e. The average molecular weight is 537 g/mol. The number of amides is 1. The molecule has 0 spiro atoms. The van der Waals surface area contributed by atoms with Crippen LogP contribution in [-0.4, -0.2) is 33.7 Å². The Balaban J connectivity index is 1.63. The lowest BCUT2D eigenvalue weighted by Crippen LogP contribution is -2.42. The van der Waals surface area contributed by atoms with E-state index in [-0.39, 0.29) is 17.3 Å². The summed E-state index contributed by atoms with van der Waals surface area (Å²) in [5.41, 5.74) is 1.82. The summed E-state index contributed by atoms with van der Waals surface area (Å²) in [5.74, 6) is -0.806. The molecular weight excluding hydrogens is 512 g/mol. The van der Waals surface area contributed by atoms with Crippen LogP contribution in [0.3, 0.4) is 0 Å². The number of likely N-dealkylation sites (tertiary alicyclic amines) is 1. The van der Waals surface area contributed by atoms with Crippen LogP contribution in [0.25, 0.3) is 0 Å². The normalized spacial score (nSPS) is 21.3. The Hall–Kier alpha value is -4.02. The molecule has 5 rings (SSSR count). The topological polar surface area (TPSA) is 119 Å². The summed E-state index contributed by atoms with van der Waals surface area (Å²) in [5, 5.41) is 24.7. The molecular formula is C27H25ClN4O6. The van der Waals surface area contributed by atoms with E-state index in [2.05, 4.69) is 0 Å². The predicted molar refractivity (Wildman–Crippen MR) is 141 cm³/mol. The van der Waals surface area contributed by atoms with E-state index in [4.69, 9.17) is 16.4 Å². The highest BCUT2D eigenvalue weighted by molar-refractivity contribution is 6.30. The van der Waals surface area contributed by atoms with E-state index in [9.17, 15) is 25.0 Å². The molecule has 2 aliphatic heterocycles. The van der Waals surface area contributed by atoms with Crippen LogP contribution in [0.15, 0.2) is 72.8 Å². The Labute approximate surface area is 223 Å². The van der Waals surface area contributed by atoms with E-state index in [1.54, 1.807) is 53.6 Å². The molecule has 0 aromatic heterocycles. The zero-order valence-corrected chi connectivity index (χ0v) is 21.1. The van der Waals surface area contributed by atoms with Gasteiger partial charge in [0.2, 0.25) is 5.91 Å². The minimum Gasteiger partial charge on any atom is -0.342 e. The SMILES string of the molecule is O=C([C@H]1[C@H](c2ccc([N+](=O)[O-])cc2)ON(c2ccc(Cl)cc2)[C@H]1c1ccc([N+](=O)[O-])cc1)N1CCCCC1. The molecule has 11 heteroatoms.